The van der Waals surface area contributed by atoms with Gasteiger partial charge in [0.05, 0.1) is 0 Å². The van der Waals surface area contributed by atoms with Gasteiger partial charge in [0.1, 0.15) is 11.9 Å². The highest BCUT2D eigenvalue weighted by Gasteiger charge is 2.49. The number of quaternary nitrogens is 1. The maximum absolute atomic E-state index is 12.5. The highest BCUT2D eigenvalue weighted by Crippen LogP contribution is 2.35. The molecule has 0 saturated carbocycles. The second-order valence-corrected chi connectivity index (χ2v) is 7.40. The Kier molecular flexibility index (Phi) is 5.16. The van der Waals surface area contributed by atoms with Crippen LogP contribution >= 0.6 is 11.9 Å². The number of rotatable bonds is 4. The third-order valence-corrected chi connectivity index (χ3v) is 4.28. The number of hydrogen-bond acceptors (Lipinski definition) is 5. The number of aliphatic imine (C=N–C) groups is 1. The monoisotopic (exact) mass is 315 g/mol. The van der Waals surface area contributed by atoms with Gasteiger partial charge in [-0.3, -0.25) is 9.69 Å². The van der Waals surface area contributed by atoms with Crippen molar-refractivity contribution in [1.82, 2.24) is 4.90 Å². The summed E-state index contributed by atoms with van der Waals surface area (Å²) in [4.78, 5) is 29.4. The summed E-state index contributed by atoms with van der Waals surface area (Å²) in [5.74, 6) is -0.426. The van der Waals surface area contributed by atoms with Crippen molar-refractivity contribution < 1.29 is 18.7 Å². The molecule has 0 aromatic carbocycles. The second kappa shape index (κ2) is 6.15. The molecular weight excluding hydrogens is 292 g/mol. The zero-order chi connectivity index (χ0) is 16.4. The van der Waals surface area contributed by atoms with Crippen LogP contribution in [0.2, 0.25) is 0 Å². The molecule has 2 unspecified atom stereocenters. The molecule has 2 atom stereocenters. The van der Waals surface area contributed by atoms with Crippen molar-refractivity contribution >= 4 is 36.1 Å². The van der Waals surface area contributed by atoms with Gasteiger partial charge in [-0.15, -0.1) is 0 Å². The number of amides is 2. The van der Waals surface area contributed by atoms with Crippen molar-refractivity contribution in [2.24, 2.45) is 15.5 Å². The lowest BCUT2D eigenvalue weighted by Gasteiger charge is -2.24. The van der Waals surface area contributed by atoms with Gasteiger partial charge in [-0.05, 0) is 15.5 Å². The molecule has 0 radical (unpaired) electrons. The zero-order valence-electron chi connectivity index (χ0n) is 13.3. The second-order valence-electron chi connectivity index (χ2n) is 6.06. The average molecular weight is 315 g/mol. The fourth-order valence-electron chi connectivity index (χ4n) is 1.63. The van der Waals surface area contributed by atoms with E-state index < -0.39 is 15.2 Å². The van der Waals surface area contributed by atoms with Gasteiger partial charge in [-0.2, -0.15) is 4.99 Å². The normalized spacial score (nSPS) is 22.9. The molecule has 8 heteroatoms. The van der Waals surface area contributed by atoms with Gasteiger partial charge in [0.2, 0.25) is 6.34 Å². The Bertz CT molecular complexity index is 496. The Morgan fingerprint density at radius 2 is 2.00 bits per heavy atom. The number of carbonyl (C=O) groups excluding carboxylic acids is 1. The lowest BCUT2D eigenvalue weighted by molar-refractivity contribution is -0.606. The summed E-state index contributed by atoms with van der Waals surface area (Å²) in [6.45, 7) is 7.61. The maximum Gasteiger partial charge on any atom is 0.463 e. The topological polar surface area (TPSA) is 82.3 Å². The van der Waals surface area contributed by atoms with E-state index in [2.05, 4.69) is 10.1 Å². The van der Waals surface area contributed by atoms with Gasteiger partial charge in [0, 0.05) is 19.5 Å². The minimum Gasteiger partial charge on any atom is -0.480 e. The molecule has 1 N–H and O–H groups in total. The SMILES string of the molecule is CCC(S[N+]1(C(=O)N(C)C)C=NC(C(C)(C)C)=N1)C(=O)O. The van der Waals surface area contributed by atoms with Crippen LogP contribution in [-0.2, 0) is 4.79 Å². The van der Waals surface area contributed by atoms with Gasteiger partial charge in [0.15, 0.2) is 11.1 Å². The minimum absolute atomic E-state index is 0.311. The molecular formula is C13H23N4O3S+. The number of amidine groups is 1. The van der Waals surface area contributed by atoms with E-state index in [1.54, 1.807) is 21.0 Å². The van der Waals surface area contributed by atoms with Crippen LogP contribution in [0.5, 0.6) is 0 Å². The maximum atomic E-state index is 12.5. The van der Waals surface area contributed by atoms with Crippen LogP contribution in [0.25, 0.3) is 0 Å². The fourth-order valence-corrected chi connectivity index (χ4v) is 2.74. The van der Waals surface area contributed by atoms with Crippen LogP contribution in [0.15, 0.2) is 10.1 Å². The summed E-state index contributed by atoms with van der Waals surface area (Å²) in [6.07, 6.45) is 1.81. The number of urea groups is 1. The van der Waals surface area contributed by atoms with E-state index in [0.29, 0.717) is 12.3 Å². The summed E-state index contributed by atoms with van der Waals surface area (Å²) < 4.78 is -0.496. The number of carboxylic acid groups (broad SMARTS) is 1. The molecule has 1 aliphatic rings. The standard InChI is InChI=1S/C13H22N4O3S/c1-7-9(10(18)19)21-17(12(20)16(5)6)8-14-11(15-17)13(2,3)4/h8-9H,7H2,1-6H3/p+1. The first-order valence-electron chi connectivity index (χ1n) is 6.71. The van der Waals surface area contributed by atoms with Crippen LogP contribution in [0.4, 0.5) is 4.79 Å². The molecule has 2 amide bonds. The van der Waals surface area contributed by atoms with E-state index in [4.69, 9.17) is 0 Å². The molecule has 118 valence electrons. The van der Waals surface area contributed by atoms with Crippen molar-refractivity contribution in [2.45, 2.75) is 39.4 Å². The van der Waals surface area contributed by atoms with Gasteiger partial charge in [-0.1, -0.05) is 27.7 Å². The molecule has 0 saturated heterocycles. The van der Waals surface area contributed by atoms with Crippen LogP contribution in [0.3, 0.4) is 0 Å². The van der Waals surface area contributed by atoms with E-state index in [-0.39, 0.29) is 11.4 Å². The van der Waals surface area contributed by atoms with Crippen LogP contribution in [0, 0.1) is 5.41 Å². The Morgan fingerprint density at radius 1 is 1.43 bits per heavy atom. The van der Waals surface area contributed by atoms with Gasteiger partial charge < -0.3 is 5.11 Å². The Balaban J connectivity index is 3.23. The van der Waals surface area contributed by atoms with Crippen LogP contribution in [0.1, 0.15) is 34.1 Å². The molecule has 1 aliphatic heterocycles. The predicted octanol–water partition coefficient (Wildman–Crippen LogP) is 2.40. The van der Waals surface area contributed by atoms with Crippen LogP contribution in [-0.4, -0.2) is 57.5 Å². The summed E-state index contributed by atoms with van der Waals surface area (Å²) in [7, 11) is 3.23. The first kappa shape index (κ1) is 17.6. The van der Waals surface area contributed by atoms with Crippen molar-refractivity contribution in [1.29, 1.82) is 0 Å². The zero-order valence-corrected chi connectivity index (χ0v) is 14.1. The highest BCUT2D eigenvalue weighted by atomic mass is 32.2. The molecule has 7 nitrogen and oxygen atoms in total. The van der Waals surface area contributed by atoms with E-state index in [0.717, 1.165) is 11.9 Å². The number of hydrogen-bond donors (Lipinski definition) is 1. The summed E-state index contributed by atoms with van der Waals surface area (Å²) in [6, 6.07) is -0.331. The lowest BCUT2D eigenvalue weighted by Crippen LogP contribution is -2.48. The molecule has 0 spiro atoms. The first-order valence-corrected chi connectivity index (χ1v) is 7.55. The average Bonchev–Trinajstić information content (AvgIpc) is 2.79. The van der Waals surface area contributed by atoms with Crippen molar-refractivity contribution in [3.63, 3.8) is 0 Å². The Hall–Kier alpha value is -1.41. The minimum atomic E-state index is -0.959. The smallest absolute Gasteiger partial charge is 0.463 e. The first-order chi connectivity index (χ1) is 9.53. The molecule has 1 rings (SSSR count). The molecule has 1 heterocycles. The third kappa shape index (κ3) is 3.82. The third-order valence-electron chi connectivity index (χ3n) is 2.84. The van der Waals surface area contributed by atoms with E-state index in [1.807, 2.05) is 20.8 Å². The molecule has 21 heavy (non-hydrogen) atoms. The summed E-state index contributed by atoms with van der Waals surface area (Å²) >= 11 is 0.974. The van der Waals surface area contributed by atoms with Crippen molar-refractivity contribution in [3.8, 4) is 0 Å². The predicted molar refractivity (Wildman–Crippen MR) is 84.0 cm³/mol. The summed E-state index contributed by atoms with van der Waals surface area (Å²) in [5.41, 5.74) is -0.311. The Morgan fingerprint density at radius 3 is 2.33 bits per heavy atom. The van der Waals surface area contributed by atoms with E-state index >= 15 is 0 Å². The van der Waals surface area contributed by atoms with E-state index in [1.165, 1.54) is 11.2 Å². The van der Waals surface area contributed by atoms with Gasteiger partial charge in [-0.25, -0.2) is 4.79 Å². The quantitative estimate of drug-likeness (QED) is 0.638. The van der Waals surface area contributed by atoms with Gasteiger partial charge >= 0.3 is 12.0 Å². The molecule has 0 bridgehead atoms. The number of nitrogens with zero attached hydrogens (tertiary/aromatic N) is 4. The largest absolute Gasteiger partial charge is 0.480 e. The molecule has 0 aliphatic carbocycles. The van der Waals surface area contributed by atoms with E-state index in [9.17, 15) is 14.7 Å². The van der Waals surface area contributed by atoms with Gasteiger partial charge in [0.25, 0.3) is 0 Å². The summed E-state index contributed by atoms with van der Waals surface area (Å²) in [5, 5.41) is 12.9. The van der Waals surface area contributed by atoms with Crippen molar-refractivity contribution in [3.05, 3.63) is 0 Å². The number of carbonyl (C=O) groups is 2. The lowest BCUT2D eigenvalue weighted by atomic mass is 9.96. The Labute approximate surface area is 129 Å². The molecule has 0 aromatic heterocycles. The van der Waals surface area contributed by atoms with Crippen molar-refractivity contribution in [2.75, 3.05) is 14.1 Å². The number of aliphatic carboxylic acids is 1. The fraction of sp³-hybridized carbons (Fsp3) is 0.692. The molecule has 0 fully saturated rings. The number of carboxylic acids is 1. The highest BCUT2D eigenvalue weighted by molar-refractivity contribution is 7.95. The van der Waals surface area contributed by atoms with Crippen LogP contribution < -0.4 is 0 Å². The molecule has 0 aromatic rings.